The topological polar surface area (TPSA) is 74.7 Å². The number of pyridine rings is 1. The van der Waals surface area contributed by atoms with Crippen molar-refractivity contribution < 1.29 is 27.8 Å². The second-order valence-corrected chi connectivity index (χ2v) is 7.16. The van der Waals surface area contributed by atoms with Gasteiger partial charge in [-0.15, -0.1) is 0 Å². The summed E-state index contributed by atoms with van der Waals surface area (Å²) in [4.78, 5) is 17.1. The van der Waals surface area contributed by atoms with Crippen LogP contribution in [0, 0.1) is 0 Å². The molecule has 140 valence electrons. The summed E-state index contributed by atoms with van der Waals surface area (Å²) < 4.78 is 43.1. The molecular formula is C15H19ClF3N3O3. The smallest absolute Gasteiger partial charge is 0.417 e. The number of ether oxygens (including phenoxy) is 1. The van der Waals surface area contributed by atoms with Gasteiger partial charge in [0.25, 0.3) is 0 Å². The van der Waals surface area contributed by atoms with Crippen LogP contribution in [0.5, 0.6) is 0 Å². The summed E-state index contributed by atoms with van der Waals surface area (Å²) in [7, 11) is 0. The van der Waals surface area contributed by atoms with Gasteiger partial charge >= 0.3 is 12.3 Å². The molecule has 10 heteroatoms. The van der Waals surface area contributed by atoms with E-state index in [0.29, 0.717) is 6.20 Å². The minimum atomic E-state index is -4.54. The average Bonchev–Trinajstić information content (AvgIpc) is 2.76. The second kappa shape index (κ2) is 6.87. The first-order chi connectivity index (χ1) is 11.4. The minimum absolute atomic E-state index is 0.0680. The van der Waals surface area contributed by atoms with Gasteiger partial charge in [-0.2, -0.15) is 13.2 Å². The number of carbonyl (C=O) groups is 1. The van der Waals surface area contributed by atoms with Crippen LogP contribution in [0.2, 0.25) is 5.02 Å². The molecule has 6 nitrogen and oxygen atoms in total. The van der Waals surface area contributed by atoms with E-state index in [1.807, 2.05) is 0 Å². The summed E-state index contributed by atoms with van der Waals surface area (Å²) >= 11 is 5.91. The largest absolute Gasteiger partial charge is 0.444 e. The van der Waals surface area contributed by atoms with E-state index in [0.717, 1.165) is 6.07 Å². The van der Waals surface area contributed by atoms with Crippen LogP contribution in [0.4, 0.5) is 23.8 Å². The maximum absolute atomic E-state index is 12.7. The predicted octanol–water partition coefficient (Wildman–Crippen LogP) is 2.83. The molecule has 0 spiro atoms. The monoisotopic (exact) mass is 381 g/mol. The van der Waals surface area contributed by atoms with E-state index in [-0.39, 0.29) is 23.9 Å². The Morgan fingerprint density at radius 1 is 1.40 bits per heavy atom. The molecule has 1 aliphatic heterocycles. The zero-order valence-corrected chi connectivity index (χ0v) is 14.6. The first kappa shape index (κ1) is 19.6. The first-order valence-corrected chi connectivity index (χ1v) is 7.90. The van der Waals surface area contributed by atoms with E-state index >= 15 is 0 Å². The highest BCUT2D eigenvalue weighted by Gasteiger charge is 2.36. The molecule has 0 aromatic carbocycles. The Hall–Kier alpha value is -1.74. The van der Waals surface area contributed by atoms with Crippen molar-refractivity contribution in [3.05, 3.63) is 22.8 Å². The third-order valence-electron chi connectivity index (χ3n) is 3.44. The van der Waals surface area contributed by atoms with Crippen molar-refractivity contribution in [2.75, 3.05) is 18.0 Å². The lowest BCUT2D eigenvalue weighted by Gasteiger charge is -2.23. The highest BCUT2D eigenvalue weighted by molar-refractivity contribution is 6.33. The Morgan fingerprint density at radius 2 is 2.04 bits per heavy atom. The van der Waals surface area contributed by atoms with Crippen LogP contribution < -0.4 is 10.2 Å². The lowest BCUT2D eigenvalue weighted by molar-refractivity contribution is -0.137. The van der Waals surface area contributed by atoms with Crippen LogP contribution in [0.15, 0.2) is 12.3 Å². The molecular weight excluding hydrogens is 363 g/mol. The lowest BCUT2D eigenvalue weighted by Crippen LogP contribution is -2.45. The summed E-state index contributed by atoms with van der Waals surface area (Å²) in [6.45, 7) is 5.32. The molecule has 2 N–H and O–H groups in total. The van der Waals surface area contributed by atoms with Gasteiger partial charge in [-0.1, -0.05) is 11.6 Å². The zero-order chi connectivity index (χ0) is 19.0. The van der Waals surface area contributed by atoms with E-state index in [4.69, 9.17) is 16.3 Å². The standard InChI is InChI=1S/C15H19ClF3N3O3/c1-14(2,3)25-13(24)21-10-6-22(7-11(10)23)12-9(16)4-8(5-20-12)15(17,18)19/h4-5,10-11,23H,6-7H2,1-3H3,(H,21,24)/t10-,11-/m0/s1. The van der Waals surface area contributed by atoms with E-state index in [2.05, 4.69) is 10.3 Å². The number of alkyl carbamates (subject to hydrolysis) is 1. The number of hydrogen-bond donors (Lipinski definition) is 2. The maximum Gasteiger partial charge on any atom is 0.417 e. The number of hydrogen-bond acceptors (Lipinski definition) is 5. The van der Waals surface area contributed by atoms with Crippen molar-refractivity contribution in [2.45, 2.75) is 44.7 Å². The Morgan fingerprint density at radius 3 is 2.56 bits per heavy atom. The highest BCUT2D eigenvalue weighted by atomic mass is 35.5. The Bertz CT molecular complexity index is 649. The molecule has 25 heavy (non-hydrogen) atoms. The van der Waals surface area contributed by atoms with Gasteiger partial charge < -0.3 is 20.1 Å². The Balaban J connectivity index is 2.07. The fourth-order valence-electron chi connectivity index (χ4n) is 2.38. The molecule has 0 aliphatic carbocycles. The molecule has 2 rings (SSSR count). The number of amides is 1. The van der Waals surface area contributed by atoms with Crippen LogP contribution in [0.25, 0.3) is 0 Å². The molecule has 2 atom stereocenters. The van der Waals surface area contributed by atoms with Crippen molar-refractivity contribution in [2.24, 2.45) is 0 Å². The number of nitrogens with zero attached hydrogens (tertiary/aromatic N) is 2. The Kier molecular flexibility index (Phi) is 5.38. The number of anilines is 1. The van der Waals surface area contributed by atoms with Crippen molar-refractivity contribution >= 4 is 23.5 Å². The molecule has 0 saturated carbocycles. The normalized spacial score (nSPS) is 21.4. The van der Waals surface area contributed by atoms with E-state index in [1.54, 1.807) is 20.8 Å². The number of halogens is 4. The lowest BCUT2D eigenvalue weighted by atomic mass is 10.2. The molecule has 0 unspecified atom stereocenters. The van der Waals surface area contributed by atoms with Crippen LogP contribution >= 0.6 is 11.6 Å². The summed E-state index contributed by atoms with van der Waals surface area (Å²) in [5.41, 5.74) is -1.64. The van der Waals surface area contributed by atoms with Crippen molar-refractivity contribution in [3.8, 4) is 0 Å². The summed E-state index contributed by atoms with van der Waals surface area (Å²) in [6.07, 6.45) is -5.49. The summed E-state index contributed by atoms with van der Waals surface area (Å²) in [5.74, 6) is 0.113. The number of aromatic nitrogens is 1. The quantitative estimate of drug-likeness (QED) is 0.824. The predicted molar refractivity (Wildman–Crippen MR) is 85.6 cm³/mol. The molecule has 0 radical (unpaired) electrons. The fourth-order valence-corrected chi connectivity index (χ4v) is 2.66. The van der Waals surface area contributed by atoms with Gasteiger partial charge in [-0.3, -0.25) is 0 Å². The van der Waals surface area contributed by atoms with Gasteiger partial charge in [0.05, 0.1) is 22.7 Å². The number of nitrogens with one attached hydrogen (secondary N) is 1. The van der Waals surface area contributed by atoms with Crippen LogP contribution in [-0.4, -0.2) is 47.0 Å². The molecule has 1 aromatic rings. The number of aliphatic hydroxyl groups is 1. The summed E-state index contributed by atoms with van der Waals surface area (Å²) in [5, 5.41) is 12.4. The van der Waals surface area contributed by atoms with E-state index < -0.39 is 35.6 Å². The fraction of sp³-hybridized carbons (Fsp3) is 0.600. The number of aliphatic hydroxyl groups excluding tert-OH is 1. The SMILES string of the molecule is CC(C)(C)OC(=O)N[C@H]1CN(c2ncc(C(F)(F)F)cc2Cl)C[C@@H]1O. The molecule has 0 bridgehead atoms. The maximum atomic E-state index is 12.7. The van der Waals surface area contributed by atoms with Gasteiger partial charge in [0.1, 0.15) is 11.4 Å². The highest BCUT2D eigenvalue weighted by Crippen LogP contribution is 2.34. The van der Waals surface area contributed by atoms with Crippen molar-refractivity contribution in [1.82, 2.24) is 10.3 Å². The average molecular weight is 382 g/mol. The van der Waals surface area contributed by atoms with Gasteiger partial charge in [0, 0.05) is 19.3 Å². The van der Waals surface area contributed by atoms with Crippen LogP contribution in [-0.2, 0) is 10.9 Å². The van der Waals surface area contributed by atoms with E-state index in [1.165, 1.54) is 4.90 Å². The molecule has 1 fully saturated rings. The molecule has 2 heterocycles. The second-order valence-electron chi connectivity index (χ2n) is 6.75. The summed E-state index contributed by atoms with van der Waals surface area (Å²) in [6, 6.07) is 0.125. The zero-order valence-electron chi connectivity index (χ0n) is 13.9. The molecule has 1 aromatic heterocycles. The first-order valence-electron chi connectivity index (χ1n) is 7.52. The number of alkyl halides is 3. The third kappa shape index (κ3) is 5.12. The number of rotatable bonds is 2. The van der Waals surface area contributed by atoms with Crippen LogP contribution in [0.1, 0.15) is 26.3 Å². The third-order valence-corrected chi connectivity index (χ3v) is 3.72. The van der Waals surface area contributed by atoms with Crippen molar-refractivity contribution in [1.29, 1.82) is 0 Å². The van der Waals surface area contributed by atoms with Crippen molar-refractivity contribution in [3.63, 3.8) is 0 Å². The van der Waals surface area contributed by atoms with Gasteiger partial charge in [-0.05, 0) is 26.8 Å². The molecule has 1 saturated heterocycles. The Labute approximate surface area is 147 Å². The minimum Gasteiger partial charge on any atom is -0.444 e. The van der Waals surface area contributed by atoms with Gasteiger partial charge in [-0.25, -0.2) is 9.78 Å². The number of β-amino-alcohol motifs (C(OH)–C–C–N with tert-alkyl or cyclic N) is 1. The van der Waals surface area contributed by atoms with E-state index in [9.17, 15) is 23.1 Å². The molecule has 1 aliphatic rings. The van der Waals surface area contributed by atoms with Crippen LogP contribution in [0.3, 0.4) is 0 Å². The van der Waals surface area contributed by atoms with Gasteiger partial charge in [0.15, 0.2) is 0 Å². The molecule has 1 amide bonds. The van der Waals surface area contributed by atoms with Gasteiger partial charge in [0.2, 0.25) is 0 Å². The number of carbonyl (C=O) groups excluding carboxylic acids is 1.